The van der Waals surface area contributed by atoms with E-state index in [2.05, 4.69) is 27.6 Å². The minimum absolute atomic E-state index is 0.223. The van der Waals surface area contributed by atoms with E-state index in [-0.39, 0.29) is 11.0 Å². The molecule has 0 spiro atoms. The molecule has 0 atom stereocenters. The quantitative estimate of drug-likeness (QED) is 0.362. The summed E-state index contributed by atoms with van der Waals surface area (Å²) in [4.78, 5) is 18.0. The van der Waals surface area contributed by atoms with Gasteiger partial charge in [-0.2, -0.15) is 9.78 Å². The first-order valence-electron chi connectivity index (χ1n) is 9.82. The Morgan fingerprint density at radius 3 is 2.55 bits per heavy atom. The summed E-state index contributed by atoms with van der Waals surface area (Å²) in [6.07, 6.45) is 4.04. The van der Waals surface area contributed by atoms with Gasteiger partial charge >= 0.3 is 0 Å². The predicted molar refractivity (Wildman–Crippen MR) is 129 cm³/mol. The summed E-state index contributed by atoms with van der Waals surface area (Å²) in [7, 11) is 3.19. The van der Waals surface area contributed by atoms with Gasteiger partial charge in [0.25, 0.3) is 5.56 Å². The van der Waals surface area contributed by atoms with E-state index in [0.29, 0.717) is 34.6 Å². The third-order valence-corrected chi connectivity index (χ3v) is 5.24. The molecule has 0 unspecified atom stereocenters. The Morgan fingerprint density at radius 1 is 1.19 bits per heavy atom. The number of halogens is 1. The van der Waals surface area contributed by atoms with Gasteiger partial charge < -0.3 is 9.47 Å². The summed E-state index contributed by atoms with van der Waals surface area (Å²) in [5.41, 5.74) is 1.73. The predicted octanol–water partition coefficient (Wildman–Crippen LogP) is 5.08. The molecule has 3 rings (SSSR count). The van der Waals surface area contributed by atoms with E-state index >= 15 is 0 Å². The molecule has 31 heavy (non-hydrogen) atoms. The number of aromatic nitrogens is 2. The molecule has 1 aromatic heterocycles. The van der Waals surface area contributed by atoms with E-state index in [4.69, 9.17) is 14.5 Å². The molecule has 7 heteroatoms. The Labute approximate surface area is 190 Å². The second kappa shape index (κ2) is 9.06. The van der Waals surface area contributed by atoms with Gasteiger partial charge in [0.1, 0.15) is 5.82 Å². The average molecular weight is 484 g/mol. The highest BCUT2D eigenvalue weighted by molar-refractivity contribution is 9.10. The van der Waals surface area contributed by atoms with Crippen LogP contribution in [0.2, 0.25) is 0 Å². The number of hydrogen-bond donors (Lipinski definition) is 0. The van der Waals surface area contributed by atoms with Crippen molar-refractivity contribution in [2.24, 2.45) is 5.10 Å². The molecular weight excluding hydrogens is 458 g/mol. The molecular formula is C24H26BrN3O3. The molecule has 0 aliphatic heterocycles. The van der Waals surface area contributed by atoms with Gasteiger partial charge in [-0.25, -0.2) is 4.98 Å². The van der Waals surface area contributed by atoms with E-state index in [1.54, 1.807) is 32.6 Å². The van der Waals surface area contributed by atoms with Crippen LogP contribution in [0, 0.1) is 0 Å². The Morgan fingerprint density at radius 2 is 1.94 bits per heavy atom. The molecule has 0 saturated carbocycles. The van der Waals surface area contributed by atoms with Gasteiger partial charge in [-0.1, -0.05) is 42.8 Å². The van der Waals surface area contributed by atoms with Gasteiger partial charge in [-0.15, -0.1) is 6.58 Å². The number of hydrogen-bond acceptors (Lipinski definition) is 5. The number of allylic oxidation sites excluding steroid dienone is 1. The highest BCUT2D eigenvalue weighted by Gasteiger charge is 2.23. The lowest BCUT2D eigenvalue weighted by Gasteiger charge is -2.21. The van der Waals surface area contributed by atoms with Crippen molar-refractivity contribution >= 4 is 33.0 Å². The third kappa shape index (κ3) is 4.71. The summed E-state index contributed by atoms with van der Waals surface area (Å²) >= 11 is 3.43. The molecule has 0 bridgehead atoms. The summed E-state index contributed by atoms with van der Waals surface area (Å²) in [5.74, 6) is 1.83. The van der Waals surface area contributed by atoms with Crippen LogP contribution in [-0.4, -0.2) is 30.1 Å². The van der Waals surface area contributed by atoms with Crippen molar-refractivity contribution in [2.45, 2.75) is 32.6 Å². The smallest absolute Gasteiger partial charge is 0.282 e. The van der Waals surface area contributed by atoms with Gasteiger partial charge in [0.2, 0.25) is 0 Å². The minimum atomic E-state index is -0.386. The number of nitrogens with zero attached hydrogens (tertiary/aromatic N) is 3. The SMILES string of the molecule is C=CCc1cc(C=Nn2c(C(C)(C)C)nc3ccc(Br)cc3c2=O)cc(OC)c1OC. The second-order valence-corrected chi connectivity index (χ2v) is 9.03. The first-order valence-corrected chi connectivity index (χ1v) is 10.6. The summed E-state index contributed by atoms with van der Waals surface area (Å²) in [6, 6.07) is 9.24. The van der Waals surface area contributed by atoms with Crippen LogP contribution in [0.15, 0.2) is 57.4 Å². The number of fused-ring (bicyclic) bond motifs is 1. The monoisotopic (exact) mass is 483 g/mol. The number of rotatable bonds is 6. The molecule has 0 amide bonds. The lowest BCUT2D eigenvalue weighted by Crippen LogP contribution is -2.29. The third-order valence-electron chi connectivity index (χ3n) is 4.74. The van der Waals surface area contributed by atoms with Crippen molar-refractivity contribution in [3.63, 3.8) is 0 Å². The fraction of sp³-hybridized carbons (Fsp3) is 0.292. The molecule has 0 radical (unpaired) electrons. The van der Waals surface area contributed by atoms with Crippen molar-refractivity contribution in [3.05, 3.63) is 74.8 Å². The van der Waals surface area contributed by atoms with Crippen molar-refractivity contribution < 1.29 is 9.47 Å². The zero-order valence-corrected chi connectivity index (χ0v) is 20.0. The average Bonchev–Trinajstić information content (AvgIpc) is 2.72. The zero-order valence-electron chi connectivity index (χ0n) is 18.4. The number of benzene rings is 2. The lowest BCUT2D eigenvalue weighted by molar-refractivity contribution is 0.352. The fourth-order valence-corrected chi connectivity index (χ4v) is 3.68. The van der Waals surface area contributed by atoms with Crippen LogP contribution in [0.4, 0.5) is 0 Å². The lowest BCUT2D eigenvalue weighted by atomic mass is 9.95. The highest BCUT2D eigenvalue weighted by Crippen LogP contribution is 2.33. The van der Waals surface area contributed by atoms with Crippen molar-refractivity contribution in [1.29, 1.82) is 0 Å². The maximum Gasteiger partial charge on any atom is 0.282 e. The molecule has 0 aliphatic carbocycles. The molecule has 0 fully saturated rings. The summed E-state index contributed by atoms with van der Waals surface area (Å²) in [5, 5.41) is 5.03. The largest absolute Gasteiger partial charge is 0.493 e. The molecule has 0 aliphatic rings. The van der Waals surface area contributed by atoms with Crippen LogP contribution in [-0.2, 0) is 11.8 Å². The van der Waals surface area contributed by atoms with E-state index in [1.807, 2.05) is 45.0 Å². The Bertz CT molecular complexity index is 1220. The molecule has 1 heterocycles. The van der Waals surface area contributed by atoms with Gasteiger partial charge in [0, 0.05) is 15.5 Å². The number of methoxy groups -OCH3 is 2. The molecule has 3 aromatic rings. The van der Waals surface area contributed by atoms with Crippen LogP contribution < -0.4 is 15.0 Å². The fourth-order valence-electron chi connectivity index (χ4n) is 3.31. The number of ether oxygens (including phenoxy) is 2. The summed E-state index contributed by atoms with van der Waals surface area (Å²) in [6.45, 7) is 9.82. The van der Waals surface area contributed by atoms with E-state index in [0.717, 1.165) is 15.6 Å². The topological polar surface area (TPSA) is 65.7 Å². The van der Waals surface area contributed by atoms with Gasteiger partial charge in [0.15, 0.2) is 11.5 Å². The van der Waals surface area contributed by atoms with Crippen LogP contribution >= 0.6 is 15.9 Å². The Kier molecular flexibility index (Phi) is 6.65. The van der Waals surface area contributed by atoms with Gasteiger partial charge in [0.05, 0.1) is 31.3 Å². The van der Waals surface area contributed by atoms with E-state index in [9.17, 15) is 4.79 Å². The van der Waals surface area contributed by atoms with Crippen molar-refractivity contribution in [3.8, 4) is 11.5 Å². The van der Waals surface area contributed by atoms with E-state index in [1.165, 1.54) is 4.68 Å². The van der Waals surface area contributed by atoms with Crippen LogP contribution in [0.1, 0.15) is 37.7 Å². The van der Waals surface area contributed by atoms with Crippen LogP contribution in [0.3, 0.4) is 0 Å². The first-order chi connectivity index (χ1) is 14.7. The maximum absolute atomic E-state index is 13.3. The van der Waals surface area contributed by atoms with E-state index < -0.39 is 0 Å². The molecule has 2 aromatic carbocycles. The maximum atomic E-state index is 13.3. The first kappa shape index (κ1) is 22.7. The molecule has 0 N–H and O–H groups in total. The van der Waals surface area contributed by atoms with Crippen LogP contribution in [0.5, 0.6) is 11.5 Å². The van der Waals surface area contributed by atoms with Crippen LogP contribution in [0.25, 0.3) is 10.9 Å². The van der Waals surface area contributed by atoms with Gasteiger partial charge in [-0.05, 0) is 42.3 Å². The normalized spacial score (nSPS) is 11.8. The zero-order chi connectivity index (χ0) is 22.8. The molecule has 6 nitrogen and oxygen atoms in total. The van der Waals surface area contributed by atoms with Gasteiger partial charge in [-0.3, -0.25) is 4.79 Å². The molecule has 0 saturated heterocycles. The highest BCUT2D eigenvalue weighted by atomic mass is 79.9. The van der Waals surface area contributed by atoms with Crippen molar-refractivity contribution in [1.82, 2.24) is 9.66 Å². The van der Waals surface area contributed by atoms with Crippen molar-refractivity contribution in [2.75, 3.05) is 14.2 Å². The summed E-state index contributed by atoms with van der Waals surface area (Å²) < 4.78 is 13.2. The Balaban J connectivity index is 2.21. The molecule has 162 valence electrons. The minimum Gasteiger partial charge on any atom is -0.493 e. The Hall–Kier alpha value is -2.93. The standard InChI is InChI=1S/C24H26BrN3O3/c1-7-8-16-11-15(12-20(30-5)21(16)31-6)14-26-28-22(29)18-13-17(25)9-10-19(18)27-23(28)24(2,3)4/h7,9-14H,1,8H2,2-6H3. The second-order valence-electron chi connectivity index (χ2n) is 8.12.